The van der Waals surface area contributed by atoms with Crippen LogP contribution in [0.3, 0.4) is 0 Å². The van der Waals surface area contributed by atoms with Gasteiger partial charge < -0.3 is 10.1 Å². The van der Waals surface area contributed by atoms with E-state index in [1.54, 1.807) is 0 Å². The number of fused-ring (bicyclic) bond motifs is 1. The van der Waals surface area contributed by atoms with E-state index in [9.17, 15) is 4.79 Å². The first-order chi connectivity index (χ1) is 12.6. The quantitative estimate of drug-likeness (QED) is 0.809. The van der Waals surface area contributed by atoms with Crippen molar-refractivity contribution in [1.29, 1.82) is 0 Å². The SMILES string of the molecule is CC[C@@H](NC(=O)COc1ccc(C)c(C)c1)c1ccc2c(c1)CCCC2. The van der Waals surface area contributed by atoms with E-state index < -0.39 is 0 Å². The first-order valence-electron chi connectivity index (χ1n) is 9.68. The first kappa shape index (κ1) is 18.5. The van der Waals surface area contributed by atoms with Crippen molar-refractivity contribution in [2.24, 2.45) is 0 Å². The number of rotatable bonds is 6. The Bertz CT molecular complexity index is 782. The summed E-state index contributed by atoms with van der Waals surface area (Å²) in [6.07, 6.45) is 5.76. The van der Waals surface area contributed by atoms with Gasteiger partial charge in [-0.05, 0) is 85.9 Å². The average molecular weight is 351 g/mol. The zero-order valence-electron chi connectivity index (χ0n) is 16.1. The summed E-state index contributed by atoms with van der Waals surface area (Å²) >= 11 is 0. The van der Waals surface area contributed by atoms with E-state index in [2.05, 4.69) is 37.4 Å². The second-order valence-electron chi connectivity index (χ2n) is 7.30. The summed E-state index contributed by atoms with van der Waals surface area (Å²) in [5, 5.41) is 3.12. The molecule has 0 radical (unpaired) electrons. The Morgan fingerprint density at radius 3 is 2.54 bits per heavy atom. The zero-order valence-corrected chi connectivity index (χ0v) is 16.1. The van der Waals surface area contributed by atoms with E-state index in [1.807, 2.05) is 25.1 Å². The standard InChI is InChI=1S/C23H29NO2/c1-4-22(20-11-10-18-7-5-6-8-19(18)14-20)24-23(25)15-26-21-12-9-16(2)17(3)13-21/h9-14,22H,4-8,15H2,1-3H3,(H,24,25)/t22-/m1/s1. The number of carbonyl (C=O) groups excluding carboxylic acids is 1. The molecule has 3 nitrogen and oxygen atoms in total. The molecule has 1 aliphatic carbocycles. The van der Waals surface area contributed by atoms with Crippen LogP contribution in [0.1, 0.15) is 60.0 Å². The molecule has 2 aromatic rings. The summed E-state index contributed by atoms with van der Waals surface area (Å²) in [6.45, 7) is 6.26. The van der Waals surface area contributed by atoms with Crippen LogP contribution < -0.4 is 10.1 Å². The molecule has 0 aliphatic heterocycles. The lowest BCUT2D eigenvalue weighted by molar-refractivity contribution is -0.123. The predicted molar refractivity (Wildman–Crippen MR) is 106 cm³/mol. The topological polar surface area (TPSA) is 38.3 Å². The molecular weight excluding hydrogens is 322 g/mol. The number of hydrogen-bond acceptors (Lipinski definition) is 2. The van der Waals surface area contributed by atoms with Crippen LogP contribution in [0.15, 0.2) is 36.4 Å². The number of aryl methyl sites for hydroxylation is 4. The maximum atomic E-state index is 12.4. The molecule has 3 heteroatoms. The van der Waals surface area contributed by atoms with E-state index in [4.69, 9.17) is 4.74 Å². The van der Waals surface area contributed by atoms with E-state index in [0.717, 1.165) is 18.6 Å². The fourth-order valence-electron chi connectivity index (χ4n) is 3.58. The van der Waals surface area contributed by atoms with Crippen molar-refractivity contribution in [2.45, 2.75) is 58.9 Å². The minimum atomic E-state index is -0.0761. The molecule has 0 spiro atoms. The lowest BCUT2D eigenvalue weighted by Gasteiger charge is -2.22. The van der Waals surface area contributed by atoms with Gasteiger partial charge in [0.2, 0.25) is 0 Å². The summed E-state index contributed by atoms with van der Waals surface area (Å²) in [5.74, 6) is 0.665. The predicted octanol–water partition coefficient (Wildman–Crippen LogP) is 4.83. The summed E-state index contributed by atoms with van der Waals surface area (Å²) in [6, 6.07) is 12.6. The molecule has 1 atom stereocenters. The van der Waals surface area contributed by atoms with Crippen molar-refractivity contribution in [1.82, 2.24) is 5.32 Å². The Balaban J connectivity index is 1.60. The number of nitrogens with one attached hydrogen (secondary N) is 1. The van der Waals surface area contributed by atoms with Crippen molar-refractivity contribution in [2.75, 3.05) is 6.61 Å². The van der Waals surface area contributed by atoms with Gasteiger partial charge in [0.05, 0.1) is 6.04 Å². The van der Waals surface area contributed by atoms with Crippen LogP contribution in [0.25, 0.3) is 0 Å². The van der Waals surface area contributed by atoms with Gasteiger partial charge in [-0.3, -0.25) is 4.79 Å². The zero-order chi connectivity index (χ0) is 18.5. The lowest BCUT2D eigenvalue weighted by atomic mass is 9.89. The van der Waals surface area contributed by atoms with Gasteiger partial charge in [0.25, 0.3) is 5.91 Å². The molecule has 2 aromatic carbocycles. The molecule has 1 aliphatic rings. The molecule has 0 saturated heterocycles. The maximum absolute atomic E-state index is 12.4. The van der Waals surface area contributed by atoms with Crippen molar-refractivity contribution in [3.05, 3.63) is 64.2 Å². The van der Waals surface area contributed by atoms with Crippen molar-refractivity contribution in [3.63, 3.8) is 0 Å². The van der Waals surface area contributed by atoms with Gasteiger partial charge in [-0.1, -0.05) is 31.2 Å². The Labute approximate surface area is 156 Å². The summed E-state index contributed by atoms with van der Waals surface area (Å²) in [7, 11) is 0. The van der Waals surface area contributed by atoms with Crippen LogP contribution in [-0.2, 0) is 17.6 Å². The minimum absolute atomic E-state index is 0.0399. The Morgan fingerprint density at radius 2 is 1.81 bits per heavy atom. The molecule has 1 N–H and O–H groups in total. The highest BCUT2D eigenvalue weighted by Crippen LogP contribution is 2.26. The number of carbonyl (C=O) groups is 1. The molecule has 1 amide bonds. The summed E-state index contributed by atoms with van der Waals surface area (Å²) in [4.78, 5) is 12.4. The summed E-state index contributed by atoms with van der Waals surface area (Å²) < 4.78 is 5.66. The Hall–Kier alpha value is -2.29. The highest BCUT2D eigenvalue weighted by molar-refractivity contribution is 5.78. The third-order valence-corrected chi connectivity index (χ3v) is 5.37. The fraction of sp³-hybridized carbons (Fsp3) is 0.435. The van der Waals surface area contributed by atoms with E-state index >= 15 is 0 Å². The molecule has 0 fully saturated rings. The van der Waals surface area contributed by atoms with E-state index in [0.29, 0.717) is 0 Å². The van der Waals surface area contributed by atoms with Crippen LogP contribution in [0.4, 0.5) is 0 Å². The molecule has 0 unspecified atom stereocenters. The smallest absolute Gasteiger partial charge is 0.258 e. The normalized spacial score (nSPS) is 14.4. The Morgan fingerprint density at radius 1 is 1.04 bits per heavy atom. The van der Waals surface area contributed by atoms with Crippen LogP contribution in [0.2, 0.25) is 0 Å². The van der Waals surface area contributed by atoms with Crippen LogP contribution in [-0.4, -0.2) is 12.5 Å². The largest absolute Gasteiger partial charge is 0.484 e. The van der Waals surface area contributed by atoms with Gasteiger partial charge >= 0.3 is 0 Å². The van der Waals surface area contributed by atoms with Crippen molar-refractivity contribution >= 4 is 5.91 Å². The minimum Gasteiger partial charge on any atom is -0.484 e. The van der Waals surface area contributed by atoms with E-state index in [1.165, 1.54) is 47.1 Å². The van der Waals surface area contributed by atoms with Crippen LogP contribution in [0.5, 0.6) is 5.75 Å². The molecule has 0 bridgehead atoms. The number of benzene rings is 2. The van der Waals surface area contributed by atoms with Crippen LogP contribution in [0, 0.1) is 13.8 Å². The molecular formula is C23H29NO2. The van der Waals surface area contributed by atoms with Gasteiger partial charge in [-0.15, -0.1) is 0 Å². The molecule has 138 valence electrons. The third kappa shape index (κ3) is 4.46. The average Bonchev–Trinajstić information content (AvgIpc) is 2.66. The molecule has 26 heavy (non-hydrogen) atoms. The number of hydrogen-bond donors (Lipinski definition) is 1. The molecule has 0 heterocycles. The third-order valence-electron chi connectivity index (χ3n) is 5.37. The molecule has 0 aromatic heterocycles. The van der Waals surface area contributed by atoms with Gasteiger partial charge in [-0.2, -0.15) is 0 Å². The lowest BCUT2D eigenvalue weighted by Crippen LogP contribution is -2.32. The molecule has 3 rings (SSSR count). The Kier molecular flexibility index (Phi) is 5.97. The highest BCUT2D eigenvalue weighted by atomic mass is 16.5. The van der Waals surface area contributed by atoms with Gasteiger partial charge in [0.15, 0.2) is 6.61 Å². The van der Waals surface area contributed by atoms with E-state index in [-0.39, 0.29) is 18.6 Å². The monoisotopic (exact) mass is 351 g/mol. The fourth-order valence-corrected chi connectivity index (χ4v) is 3.58. The molecule has 0 saturated carbocycles. The van der Waals surface area contributed by atoms with Crippen molar-refractivity contribution in [3.8, 4) is 5.75 Å². The van der Waals surface area contributed by atoms with Gasteiger partial charge in [-0.25, -0.2) is 0 Å². The second kappa shape index (κ2) is 8.39. The second-order valence-corrected chi connectivity index (χ2v) is 7.30. The van der Waals surface area contributed by atoms with Gasteiger partial charge in [0, 0.05) is 0 Å². The maximum Gasteiger partial charge on any atom is 0.258 e. The highest BCUT2D eigenvalue weighted by Gasteiger charge is 2.16. The van der Waals surface area contributed by atoms with Gasteiger partial charge in [0.1, 0.15) is 5.75 Å². The number of amides is 1. The number of ether oxygens (including phenoxy) is 1. The van der Waals surface area contributed by atoms with Crippen molar-refractivity contribution < 1.29 is 9.53 Å². The first-order valence-corrected chi connectivity index (χ1v) is 9.68. The summed E-state index contributed by atoms with van der Waals surface area (Å²) in [5.41, 5.74) is 6.52. The van der Waals surface area contributed by atoms with Crippen LogP contribution >= 0.6 is 0 Å².